The fraction of sp³-hybridized carbons (Fsp3) is 0.357. The van der Waals surface area contributed by atoms with E-state index in [9.17, 15) is 0 Å². The van der Waals surface area contributed by atoms with Gasteiger partial charge in [0.15, 0.2) is 0 Å². The lowest BCUT2D eigenvalue weighted by Crippen LogP contribution is -2.33. The minimum Gasteiger partial charge on any atom is -0.309 e. The van der Waals surface area contributed by atoms with Gasteiger partial charge in [-0.1, -0.05) is 24.3 Å². The maximum atomic E-state index is 4.10. The molecule has 0 aliphatic heterocycles. The maximum Gasteiger partial charge on any atom is 0.0794 e. The highest BCUT2D eigenvalue weighted by Gasteiger charge is 2.17. The Morgan fingerprint density at radius 1 is 1.29 bits per heavy atom. The zero-order valence-electron chi connectivity index (χ0n) is 9.73. The van der Waals surface area contributed by atoms with Gasteiger partial charge in [-0.05, 0) is 30.4 Å². The lowest BCUT2D eigenvalue weighted by atomic mass is 9.88. The van der Waals surface area contributed by atoms with Crippen LogP contribution < -0.4 is 5.32 Å². The molecule has 2 aromatic rings. The summed E-state index contributed by atoms with van der Waals surface area (Å²) in [7, 11) is 0. The van der Waals surface area contributed by atoms with E-state index in [0.717, 1.165) is 13.0 Å². The quantitative estimate of drug-likeness (QED) is 0.898. The predicted octanol–water partition coefficient (Wildman–Crippen LogP) is 2.79. The van der Waals surface area contributed by atoms with Crippen molar-refractivity contribution in [3.8, 4) is 0 Å². The second kappa shape index (κ2) is 4.98. The van der Waals surface area contributed by atoms with Crippen LogP contribution in [0.5, 0.6) is 0 Å². The predicted molar refractivity (Wildman–Crippen MR) is 71.2 cm³/mol. The minimum atomic E-state index is 0.618. The summed E-state index contributed by atoms with van der Waals surface area (Å²) in [5.41, 5.74) is 4.94. The Labute approximate surface area is 106 Å². The Bertz CT molecular complexity index is 479. The summed E-state index contributed by atoms with van der Waals surface area (Å²) in [5, 5.41) is 3.64. The molecule has 1 aliphatic rings. The molecule has 88 valence electrons. The smallest absolute Gasteiger partial charge is 0.0794 e. The summed E-state index contributed by atoms with van der Waals surface area (Å²) in [4.78, 5) is 5.42. The van der Waals surface area contributed by atoms with E-state index in [1.165, 1.54) is 28.8 Å². The molecule has 2 nitrogen and oxygen atoms in total. The molecular weight excluding hydrogens is 228 g/mol. The Morgan fingerprint density at radius 3 is 3.00 bits per heavy atom. The zero-order valence-corrected chi connectivity index (χ0v) is 10.5. The lowest BCUT2D eigenvalue weighted by Gasteiger charge is -2.25. The van der Waals surface area contributed by atoms with E-state index in [1.807, 2.05) is 11.7 Å². The van der Waals surface area contributed by atoms with Crippen molar-refractivity contribution < 1.29 is 0 Å². The molecule has 0 spiro atoms. The summed E-state index contributed by atoms with van der Waals surface area (Å²) >= 11 is 1.72. The third kappa shape index (κ3) is 2.56. The molecule has 0 fully saturated rings. The van der Waals surface area contributed by atoms with Crippen LogP contribution in [0.25, 0.3) is 0 Å². The van der Waals surface area contributed by atoms with Gasteiger partial charge in [-0.3, -0.25) is 4.98 Å². The van der Waals surface area contributed by atoms with E-state index in [0.29, 0.717) is 6.04 Å². The van der Waals surface area contributed by atoms with E-state index in [1.54, 1.807) is 11.3 Å². The van der Waals surface area contributed by atoms with E-state index >= 15 is 0 Å². The number of hydrogen-bond donors (Lipinski definition) is 1. The Morgan fingerprint density at radius 2 is 2.18 bits per heavy atom. The van der Waals surface area contributed by atoms with Gasteiger partial charge in [-0.15, -0.1) is 11.3 Å². The fourth-order valence-corrected chi connectivity index (χ4v) is 2.99. The Balaban J connectivity index is 1.61. The van der Waals surface area contributed by atoms with Gasteiger partial charge in [0.2, 0.25) is 0 Å². The average molecular weight is 244 g/mol. The van der Waals surface area contributed by atoms with Gasteiger partial charge < -0.3 is 5.32 Å². The van der Waals surface area contributed by atoms with Gasteiger partial charge in [0.05, 0.1) is 5.51 Å². The molecule has 1 N–H and O–H groups in total. The van der Waals surface area contributed by atoms with Gasteiger partial charge in [-0.2, -0.15) is 0 Å². The molecule has 0 saturated heterocycles. The van der Waals surface area contributed by atoms with E-state index < -0.39 is 0 Å². The molecule has 1 heterocycles. The third-order valence-corrected chi connectivity index (χ3v) is 4.17. The minimum absolute atomic E-state index is 0.618. The second-order valence-electron chi connectivity index (χ2n) is 4.56. The first-order chi connectivity index (χ1) is 8.42. The number of nitrogens with one attached hydrogen (secondary N) is 1. The fourth-order valence-electron chi connectivity index (χ4n) is 2.45. The Kier molecular flexibility index (Phi) is 3.20. The molecule has 0 radical (unpaired) electrons. The van der Waals surface area contributed by atoms with Gasteiger partial charge >= 0.3 is 0 Å². The van der Waals surface area contributed by atoms with Crippen molar-refractivity contribution in [2.45, 2.75) is 31.8 Å². The molecule has 1 atom stereocenters. The topological polar surface area (TPSA) is 24.9 Å². The van der Waals surface area contributed by atoms with Crippen molar-refractivity contribution in [2.75, 3.05) is 0 Å². The molecular formula is C14H16N2S. The van der Waals surface area contributed by atoms with Crippen LogP contribution in [0.4, 0.5) is 0 Å². The van der Waals surface area contributed by atoms with Crippen LogP contribution in [-0.2, 0) is 19.4 Å². The highest BCUT2D eigenvalue weighted by Crippen LogP contribution is 2.21. The van der Waals surface area contributed by atoms with E-state index in [-0.39, 0.29) is 0 Å². The van der Waals surface area contributed by atoms with E-state index in [2.05, 4.69) is 34.6 Å². The highest BCUT2D eigenvalue weighted by atomic mass is 32.1. The van der Waals surface area contributed by atoms with Crippen molar-refractivity contribution in [2.24, 2.45) is 0 Å². The molecule has 1 aromatic heterocycles. The standard InChI is InChI=1S/C14H16N2S/c1-2-4-12-7-13(6-5-11(12)3-1)16-9-14-8-15-10-17-14/h1-4,8,10,13,16H,5-7,9H2. The van der Waals surface area contributed by atoms with Gasteiger partial charge in [0.25, 0.3) is 0 Å². The van der Waals surface area contributed by atoms with Crippen molar-refractivity contribution in [1.82, 2.24) is 10.3 Å². The van der Waals surface area contributed by atoms with Crippen molar-refractivity contribution in [3.63, 3.8) is 0 Å². The number of fused-ring (bicyclic) bond motifs is 1. The molecule has 3 heteroatoms. The number of hydrogen-bond acceptors (Lipinski definition) is 3. The van der Waals surface area contributed by atoms with Crippen LogP contribution in [0, 0.1) is 0 Å². The highest BCUT2D eigenvalue weighted by molar-refractivity contribution is 7.09. The summed E-state index contributed by atoms with van der Waals surface area (Å²) in [6.45, 7) is 0.956. The van der Waals surface area contributed by atoms with Crippen molar-refractivity contribution in [1.29, 1.82) is 0 Å². The van der Waals surface area contributed by atoms with Crippen LogP contribution in [0.3, 0.4) is 0 Å². The lowest BCUT2D eigenvalue weighted by molar-refractivity contribution is 0.459. The number of benzene rings is 1. The number of nitrogens with zero attached hydrogens (tertiary/aromatic N) is 1. The molecule has 3 rings (SSSR count). The largest absolute Gasteiger partial charge is 0.309 e. The molecule has 0 amide bonds. The molecule has 1 aliphatic carbocycles. The first-order valence-electron chi connectivity index (χ1n) is 6.09. The van der Waals surface area contributed by atoms with Crippen LogP contribution >= 0.6 is 11.3 Å². The van der Waals surface area contributed by atoms with E-state index in [4.69, 9.17) is 0 Å². The van der Waals surface area contributed by atoms with Gasteiger partial charge in [0, 0.05) is 23.7 Å². The monoisotopic (exact) mass is 244 g/mol. The summed E-state index contributed by atoms with van der Waals surface area (Å²) in [6, 6.07) is 9.42. The zero-order chi connectivity index (χ0) is 11.5. The SMILES string of the molecule is c1ccc2c(c1)CCC(NCc1cncs1)C2. The average Bonchev–Trinajstić information content (AvgIpc) is 2.89. The summed E-state index contributed by atoms with van der Waals surface area (Å²) in [5.74, 6) is 0. The van der Waals surface area contributed by atoms with Gasteiger partial charge in [-0.25, -0.2) is 0 Å². The summed E-state index contributed by atoms with van der Waals surface area (Å²) < 4.78 is 0. The van der Waals surface area contributed by atoms with Crippen LogP contribution in [-0.4, -0.2) is 11.0 Å². The summed E-state index contributed by atoms with van der Waals surface area (Å²) in [6.07, 6.45) is 5.57. The molecule has 1 unspecified atom stereocenters. The van der Waals surface area contributed by atoms with Gasteiger partial charge in [0.1, 0.15) is 0 Å². The number of thiazole rings is 1. The Hall–Kier alpha value is -1.19. The molecule has 0 saturated carbocycles. The normalized spacial score (nSPS) is 18.9. The van der Waals surface area contributed by atoms with Crippen LogP contribution in [0.15, 0.2) is 36.0 Å². The molecule has 1 aromatic carbocycles. The van der Waals surface area contributed by atoms with Crippen molar-refractivity contribution >= 4 is 11.3 Å². The van der Waals surface area contributed by atoms with Crippen LogP contribution in [0.2, 0.25) is 0 Å². The number of aryl methyl sites for hydroxylation is 1. The third-order valence-electron chi connectivity index (χ3n) is 3.40. The second-order valence-corrected chi connectivity index (χ2v) is 5.53. The number of rotatable bonds is 3. The first kappa shape index (κ1) is 10.9. The molecule has 17 heavy (non-hydrogen) atoms. The van der Waals surface area contributed by atoms with Crippen molar-refractivity contribution in [3.05, 3.63) is 52.0 Å². The first-order valence-corrected chi connectivity index (χ1v) is 6.97. The molecule has 0 bridgehead atoms. The van der Waals surface area contributed by atoms with Crippen LogP contribution in [0.1, 0.15) is 22.4 Å². The number of aromatic nitrogens is 1. The maximum absolute atomic E-state index is 4.10.